The standard InChI is InChI=1S/C12H17BrN2O2S/c1-18(16,17)15-8-7-14-12(5-6-12)10-3-2-4-11(13)9-10/h2-4,9,14-15H,5-8H2,1H3. The Bertz CT molecular complexity index is 527. The van der Waals surface area contributed by atoms with Gasteiger partial charge in [-0.3, -0.25) is 0 Å². The third-order valence-corrected chi connectivity index (χ3v) is 4.30. The highest BCUT2D eigenvalue weighted by molar-refractivity contribution is 9.10. The first-order valence-corrected chi connectivity index (χ1v) is 8.55. The fraction of sp³-hybridized carbons (Fsp3) is 0.500. The average Bonchev–Trinajstić information content (AvgIpc) is 3.04. The summed E-state index contributed by atoms with van der Waals surface area (Å²) in [4.78, 5) is 0. The van der Waals surface area contributed by atoms with Gasteiger partial charge in [0.15, 0.2) is 0 Å². The third-order valence-electron chi connectivity index (χ3n) is 3.08. The summed E-state index contributed by atoms with van der Waals surface area (Å²) in [5, 5.41) is 3.44. The lowest BCUT2D eigenvalue weighted by molar-refractivity contribution is 0.516. The molecule has 18 heavy (non-hydrogen) atoms. The Morgan fingerprint density at radius 2 is 2.06 bits per heavy atom. The molecule has 0 unspecified atom stereocenters. The van der Waals surface area contributed by atoms with Gasteiger partial charge in [-0.1, -0.05) is 28.1 Å². The molecule has 2 rings (SSSR count). The van der Waals surface area contributed by atoms with Crippen LogP contribution in [0.4, 0.5) is 0 Å². The summed E-state index contributed by atoms with van der Waals surface area (Å²) in [7, 11) is -3.09. The number of benzene rings is 1. The molecule has 0 amide bonds. The second-order valence-corrected chi connectivity index (χ2v) is 7.43. The van der Waals surface area contributed by atoms with E-state index in [0.717, 1.165) is 17.3 Å². The molecule has 1 fully saturated rings. The lowest BCUT2D eigenvalue weighted by atomic mass is 10.1. The zero-order valence-corrected chi connectivity index (χ0v) is 12.6. The molecule has 1 aliphatic rings. The van der Waals surface area contributed by atoms with Crippen LogP contribution in [0, 0.1) is 0 Å². The van der Waals surface area contributed by atoms with Crippen LogP contribution in [0.5, 0.6) is 0 Å². The molecule has 0 saturated heterocycles. The Balaban J connectivity index is 1.89. The van der Waals surface area contributed by atoms with Gasteiger partial charge >= 0.3 is 0 Å². The Kier molecular flexibility index (Phi) is 4.11. The van der Waals surface area contributed by atoms with Gasteiger partial charge in [0.2, 0.25) is 10.0 Å². The van der Waals surface area contributed by atoms with Gasteiger partial charge in [0.05, 0.1) is 6.26 Å². The summed E-state index contributed by atoms with van der Waals surface area (Å²) < 4.78 is 25.4. The minimum absolute atomic E-state index is 0.0446. The number of halogens is 1. The van der Waals surface area contributed by atoms with E-state index in [1.165, 1.54) is 11.8 Å². The largest absolute Gasteiger partial charge is 0.306 e. The van der Waals surface area contributed by atoms with Crippen molar-refractivity contribution in [1.29, 1.82) is 0 Å². The molecular weight excluding hydrogens is 316 g/mol. The molecule has 0 bridgehead atoms. The van der Waals surface area contributed by atoms with Crippen LogP contribution in [0.25, 0.3) is 0 Å². The quantitative estimate of drug-likeness (QED) is 0.777. The van der Waals surface area contributed by atoms with Crippen molar-refractivity contribution in [1.82, 2.24) is 10.0 Å². The van der Waals surface area contributed by atoms with E-state index in [9.17, 15) is 8.42 Å². The monoisotopic (exact) mass is 332 g/mol. The van der Waals surface area contributed by atoms with Gasteiger partial charge in [-0.05, 0) is 30.5 Å². The predicted molar refractivity (Wildman–Crippen MR) is 75.9 cm³/mol. The molecule has 1 aromatic rings. The van der Waals surface area contributed by atoms with Crippen LogP contribution in [-0.2, 0) is 15.6 Å². The molecule has 1 aliphatic carbocycles. The Morgan fingerprint density at radius 3 is 2.61 bits per heavy atom. The fourth-order valence-corrected chi connectivity index (χ4v) is 2.89. The van der Waals surface area contributed by atoms with Crippen LogP contribution >= 0.6 is 15.9 Å². The highest BCUT2D eigenvalue weighted by Crippen LogP contribution is 2.45. The van der Waals surface area contributed by atoms with Crippen molar-refractivity contribution >= 4 is 26.0 Å². The Hall–Kier alpha value is -0.430. The van der Waals surface area contributed by atoms with Crippen LogP contribution in [0.3, 0.4) is 0 Å². The molecule has 0 atom stereocenters. The van der Waals surface area contributed by atoms with Gasteiger partial charge < -0.3 is 5.32 Å². The number of sulfonamides is 1. The Morgan fingerprint density at radius 1 is 1.33 bits per heavy atom. The van der Waals surface area contributed by atoms with E-state index in [-0.39, 0.29) is 5.54 Å². The highest BCUT2D eigenvalue weighted by Gasteiger charge is 2.43. The van der Waals surface area contributed by atoms with E-state index in [2.05, 4.69) is 38.1 Å². The van der Waals surface area contributed by atoms with Crippen molar-refractivity contribution in [3.05, 3.63) is 34.3 Å². The first-order valence-electron chi connectivity index (χ1n) is 5.87. The maximum Gasteiger partial charge on any atom is 0.208 e. The summed E-state index contributed by atoms with van der Waals surface area (Å²) in [6.45, 7) is 1.06. The summed E-state index contributed by atoms with van der Waals surface area (Å²) >= 11 is 3.47. The summed E-state index contributed by atoms with van der Waals surface area (Å²) in [5.74, 6) is 0. The fourth-order valence-electron chi connectivity index (χ4n) is 2.02. The summed E-state index contributed by atoms with van der Waals surface area (Å²) in [5.41, 5.74) is 1.31. The van der Waals surface area contributed by atoms with Gasteiger partial charge in [0.1, 0.15) is 0 Å². The van der Waals surface area contributed by atoms with E-state index < -0.39 is 10.0 Å². The smallest absolute Gasteiger partial charge is 0.208 e. The second-order valence-electron chi connectivity index (χ2n) is 4.69. The molecule has 0 heterocycles. The predicted octanol–water partition coefficient (Wildman–Crippen LogP) is 1.58. The lowest BCUT2D eigenvalue weighted by Gasteiger charge is -2.18. The first-order chi connectivity index (χ1) is 8.41. The molecule has 4 nitrogen and oxygen atoms in total. The number of hydrogen-bond acceptors (Lipinski definition) is 3. The van der Waals surface area contributed by atoms with Crippen molar-refractivity contribution in [2.24, 2.45) is 0 Å². The van der Waals surface area contributed by atoms with Crippen molar-refractivity contribution in [3.8, 4) is 0 Å². The third kappa shape index (κ3) is 3.78. The maximum absolute atomic E-state index is 10.9. The highest BCUT2D eigenvalue weighted by atomic mass is 79.9. The minimum atomic E-state index is -3.09. The van der Waals surface area contributed by atoms with Gasteiger partial charge in [-0.2, -0.15) is 0 Å². The zero-order valence-electron chi connectivity index (χ0n) is 10.2. The molecule has 0 radical (unpaired) electrons. The van der Waals surface area contributed by atoms with E-state index in [1.54, 1.807) is 0 Å². The van der Waals surface area contributed by atoms with E-state index >= 15 is 0 Å². The van der Waals surface area contributed by atoms with Crippen molar-refractivity contribution in [2.75, 3.05) is 19.3 Å². The first kappa shape index (κ1) is 14.0. The van der Waals surface area contributed by atoms with Crippen LogP contribution in [-0.4, -0.2) is 27.8 Å². The topological polar surface area (TPSA) is 58.2 Å². The van der Waals surface area contributed by atoms with Crippen molar-refractivity contribution in [3.63, 3.8) is 0 Å². The number of nitrogens with one attached hydrogen (secondary N) is 2. The molecule has 0 spiro atoms. The van der Waals surface area contributed by atoms with Gasteiger partial charge in [-0.25, -0.2) is 13.1 Å². The van der Waals surface area contributed by atoms with Crippen LogP contribution < -0.4 is 10.0 Å². The molecule has 1 saturated carbocycles. The van der Waals surface area contributed by atoms with Gasteiger partial charge in [0, 0.05) is 23.1 Å². The van der Waals surface area contributed by atoms with Crippen LogP contribution in [0.2, 0.25) is 0 Å². The van der Waals surface area contributed by atoms with Crippen LogP contribution in [0.1, 0.15) is 18.4 Å². The second kappa shape index (κ2) is 5.28. The van der Waals surface area contributed by atoms with Gasteiger partial charge in [0.25, 0.3) is 0 Å². The Labute approximate surface area is 116 Å². The summed E-state index contributed by atoms with van der Waals surface area (Å²) in [6, 6.07) is 8.25. The maximum atomic E-state index is 10.9. The van der Waals surface area contributed by atoms with Gasteiger partial charge in [-0.15, -0.1) is 0 Å². The van der Waals surface area contributed by atoms with E-state index in [1.807, 2.05) is 12.1 Å². The number of rotatable bonds is 6. The van der Waals surface area contributed by atoms with Crippen molar-refractivity contribution in [2.45, 2.75) is 18.4 Å². The molecular formula is C12H17BrN2O2S. The summed E-state index contributed by atoms with van der Waals surface area (Å²) in [6.07, 6.45) is 3.37. The molecule has 2 N–H and O–H groups in total. The molecule has 0 aliphatic heterocycles. The minimum Gasteiger partial charge on any atom is -0.306 e. The van der Waals surface area contributed by atoms with E-state index in [4.69, 9.17) is 0 Å². The van der Waals surface area contributed by atoms with Crippen LogP contribution in [0.15, 0.2) is 28.7 Å². The lowest BCUT2D eigenvalue weighted by Crippen LogP contribution is -2.36. The zero-order chi connectivity index (χ0) is 13.2. The van der Waals surface area contributed by atoms with Crippen molar-refractivity contribution < 1.29 is 8.42 Å². The molecule has 6 heteroatoms. The number of hydrogen-bond donors (Lipinski definition) is 2. The normalized spacial score (nSPS) is 17.7. The molecule has 100 valence electrons. The SMILES string of the molecule is CS(=O)(=O)NCCNC1(c2cccc(Br)c2)CC1. The van der Waals surface area contributed by atoms with E-state index in [0.29, 0.717) is 13.1 Å². The molecule has 0 aromatic heterocycles. The molecule has 1 aromatic carbocycles. The average molecular weight is 333 g/mol.